The van der Waals surface area contributed by atoms with Gasteiger partial charge in [0.2, 0.25) is 0 Å². The number of hydrogen-bond acceptors (Lipinski definition) is 3. The van der Waals surface area contributed by atoms with Gasteiger partial charge in [0.05, 0.1) is 12.6 Å². The van der Waals surface area contributed by atoms with E-state index < -0.39 is 12.7 Å². The molecule has 0 amide bonds. The van der Waals surface area contributed by atoms with Gasteiger partial charge in [-0.15, -0.1) is 6.58 Å². The van der Waals surface area contributed by atoms with Crippen LogP contribution in [0.3, 0.4) is 0 Å². The number of aliphatic hydroxyl groups excluding tert-OH is 1. The first-order valence-corrected chi connectivity index (χ1v) is 11.5. The molecule has 0 spiro atoms. The van der Waals surface area contributed by atoms with Gasteiger partial charge in [-0.25, -0.2) is 0 Å². The number of aliphatic hydroxyl groups is 1. The van der Waals surface area contributed by atoms with Crippen molar-refractivity contribution in [3.05, 3.63) is 42.0 Å². The second kappa shape index (κ2) is 8.11. The van der Waals surface area contributed by atoms with E-state index in [0.29, 0.717) is 18.9 Å². The van der Waals surface area contributed by atoms with Crippen molar-refractivity contribution in [1.82, 2.24) is 5.32 Å². The smallest absolute Gasteiger partial charge is 0.401 e. The molecule has 0 aliphatic heterocycles. The van der Waals surface area contributed by atoms with Gasteiger partial charge < -0.3 is 15.5 Å². The Morgan fingerprint density at radius 1 is 1.29 bits per heavy atom. The third-order valence-electron chi connectivity index (χ3n) is 8.61. The van der Waals surface area contributed by atoms with Crippen LogP contribution in [0.2, 0.25) is 0 Å². The zero-order valence-corrected chi connectivity index (χ0v) is 18.2. The minimum Gasteiger partial charge on any atom is -0.508 e. The summed E-state index contributed by atoms with van der Waals surface area (Å²) in [6.07, 6.45) is 3.52. The van der Waals surface area contributed by atoms with Crippen molar-refractivity contribution in [1.29, 1.82) is 0 Å². The Morgan fingerprint density at radius 3 is 2.77 bits per heavy atom. The zero-order valence-electron chi connectivity index (χ0n) is 18.2. The predicted molar refractivity (Wildman–Crippen MR) is 115 cm³/mol. The molecular weight excluding hydrogens is 403 g/mol. The molecule has 172 valence electrons. The van der Waals surface area contributed by atoms with Crippen LogP contribution in [0.1, 0.15) is 62.5 Å². The number of aromatic hydroxyl groups is 1. The van der Waals surface area contributed by atoms with Gasteiger partial charge in [-0.2, -0.15) is 13.2 Å². The Morgan fingerprint density at radius 2 is 2.06 bits per heavy atom. The van der Waals surface area contributed by atoms with Gasteiger partial charge in [-0.3, -0.25) is 0 Å². The van der Waals surface area contributed by atoms with Crippen LogP contribution < -0.4 is 5.32 Å². The number of nitrogens with one attached hydrogen (secondary N) is 1. The molecule has 4 rings (SSSR count). The monoisotopic (exact) mass is 437 g/mol. The van der Waals surface area contributed by atoms with Gasteiger partial charge in [-0.05, 0) is 103 Å². The van der Waals surface area contributed by atoms with Crippen molar-refractivity contribution in [3.8, 4) is 5.75 Å². The average molecular weight is 438 g/mol. The molecule has 1 aromatic carbocycles. The van der Waals surface area contributed by atoms with Crippen molar-refractivity contribution in [2.45, 2.75) is 70.1 Å². The molecule has 3 unspecified atom stereocenters. The summed E-state index contributed by atoms with van der Waals surface area (Å²) in [7, 11) is 0. The summed E-state index contributed by atoms with van der Waals surface area (Å²) in [5.74, 6) is 1.09. The van der Waals surface area contributed by atoms with Crippen LogP contribution in [0.5, 0.6) is 5.75 Å². The lowest BCUT2D eigenvalue weighted by Crippen LogP contribution is -2.54. The quantitative estimate of drug-likeness (QED) is 0.417. The number of alkyl halides is 3. The van der Waals surface area contributed by atoms with Crippen molar-refractivity contribution >= 4 is 0 Å². The van der Waals surface area contributed by atoms with E-state index >= 15 is 0 Å². The Balaban J connectivity index is 1.64. The first kappa shape index (κ1) is 22.7. The van der Waals surface area contributed by atoms with Crippen molar-refractivity contribution in [2.24, 2.45) is 22.7 Å². The maximum Gasteiger partial charge on any atom is 0.401 e. The van der Waals surface area contributed by atoms with E-state index in [1.54, 1.807) is 6.07 Å². The van der Waals surface area contributed by atoms with E-state index in [0.717, 1.165) is 38.5 Å². The van der Waals surface area contributed by atoms with Crippen LogP contribution in [0.25, 0.3) is 0 Å². The highest BCUT2D eigenvalue weighted by molar-refractivity contribution is 5.43. The standard InChI is InChI=1S/C25H34F3NO2/c1-3-24-11-10-16-13-18(30)6-7-19(16)22(24)17(5-4-12-29-15-25(26,27)28)14-23(2)20(24)8-9-21(23)31/h3,6-7,13,17,20-22,29-31H,1,4-5,8-12,14-15H2,2H3/t17?,20?,21-,22?,23-,24-/m0/s1. The fourth-order valence-electron chi connectivity index (χ4n) is 7.41. The van der Waals surface area contributed by atoms with E-state index in [1.807, 2.05) is 12.1 Å². The van der Waals surface area contributed by atoms with E-state index in [-0.39, 0.29) is 34.5 Å². The Labute approximate surface area is 182 Å². The Hall–Kier alpha value is -1.53. The minimum absolute atomic E-state index is 0.126. The molecule has 1 aromatic rings. The van der Waals surface area contributed by atoms with Crippen molar-refractivity contribution in [3.63, 3.8) is 0 Å². The number of phenols is 1. The molecule has 3 aliphatic carbocycles. The number of fused-ring (bicyclic) bond motifs is 5. The first-order valence-electron chi connectivity index (χ1n) is 11.5. The van der Waals surface area contributed by atoms with E-state index in [1.165, 1.54) is 11.1 Å². The molecule has 0 radical (unpaired) electrons. The fraction of sp³-hybridized carbons (Fsp3) is 0.680. The maximum absolute atomic E-state index is 12.5. The highest BCUT2D eigenvalue weighted by Crippen LogP contribution is 2.69. The molecular formula is C25H34F3NO2. The number of phenolic OH excluding ortho intramolecular Hbond substituents is 1. The average Bonchev–Trinajstić information content (AvgIpc) is 3.01. The van der Waals surface area contributed by atoms with Gasteiger partial charge in [-0.1, -0.05) is 19.1 Å². The lowest BCUT2D eigenvalue weighted by atomic mass is 9.44. The number of aryl methyl sites for hydroxylation is 1. The SMILES string of the molecule is C=C[C@@]12CCc3cc(O)ccc3C1C(CCCNCC(F)(F)F)C[C@@]1(C)C2CC[C@@H]1O. The zero-order chi connectivity index (χ0) is 22.4. The van der Waals surface area contributed by atoms with Crippen LogP contribution in [-0.2, 0) is 6.42 Å². The first-order chi connectivity index (χ1) is 14.6. The second-order valence-corrected chi connectivity index (χ2v) is 10.2. The van der Waals surface area contributed by atoms with Gasteiger partial charge in [0.15, 0.2) is 0 Å². The predicted octanol–water partition coefficient (Wildman–Crippen LogP) is 5.32. The lowest BCUT2D eigenvalue weighted by Gasteiger charge is -2.60. The van der Waals surface area contributed by atoms with E-state index in [2.05, 4.69) is 24.9 Å². The summed E-state index contributed by atoms with van der Waals surface area (Å²) >= 11 is 0. The fourth-order valence-corrected chi connectivity index (χ4v) is 7.41. The molecule has 0 aromatic heterocycles. The molecule has 3 aliphatic rings. The highest BCUT2D eigenvalue weighted by Gasteiger charge is 2.63. The molecule has 6 heteroatoms. The summed E-state index contributed by atoms with van der Waals surface area (Å²) in [5, 5.41) is 23.5. The molecule has 31 heavy (non-hydrogen) atoms. The van der Waals surface area contributed by atoms with Gasteiger partial charge in [0.1, 0.15) is 5.75 Å². The molecule has 3 nitrogen and oxygen atoms in total. The number of benzene rings is 1. The summed E-state index contributed by atoms with van der Waals surface area (Å²) in [5.41, 5.74) is 2.10. The number of allylic oxidation sites excluding steroid dienone is 1. The number of hydrogen-bond donors (Lipinski definition) is 3. The topological polar surface area (TPSA) is 52.5 Å². The van der Waals surface area contributed by atoms with Crippen LogP contribution in [0.15, 0.2) is 30.9 Å². The van der Waals surface area contributed by atoms with Crippen LogP contribution >= 0.6 is 0 Å². The van der Waals surface area contributed by atoms with Crippen molar-refractivity contribution in [2.75, 3.05) is 13.1 Å². The largest absolute Gasteiger partial charge is 0.508 e. The lowest BCUT2D eigenvalue weighted by molar-refractivity contribution is -0.124. The van der Waals surface area contributed by atoms with E-state index in [9.17, 15) is 23.4 Å². The molecule has 2 fully saturated rings. The molecule has 0 heterocycles. The summed E-state index contributed by atoms with van der Waals surface area (Å²) in [6.45, 7) is 5.84. The van der Waals surface area contributed by atoms with Gasteiger partial charge >= 0.3 is 6.18 Å². The van der Waals surface area contributed by atoms with Crippen LogP contribution in [0, 0.1) is 22.7 Å². The minimum atomic E-state index is -4.19. The molecule has 6 atom stereocenters. The third kappa shape index (κ3) is 3.91. The summed E-state index contributed by atoms with van der Waals surface area (Å²) in [6, 6.07) is 5.65. The Bertz CT molecular complexity index is 825. The summed E-state index contributed by atoms with van der Waals surface area (Å²) < 4.78 is 37.4. The number of halogens is 3. The molecule has 0 bridgehead atoms. The number of rotatable bonds is 6. The Kier molecular flexibility index (Phi) is 5.93. The van der Waals surface area contributed by atoms with E-state index in [4.69, 9.17) is 0 Å². The molecule has 0 saturated heterocycles. The van der Waals surface area contributed by atoms with Crippen LogP contribution in [-0.4, -0.2) is 35.6 Å². The normalized spacial score (nSPS) is 37.1. The third-order valence-corrected chi connectivity index (χ3v) is 8.61. The second-order valence-electron chi connectivity index (χ2n) is 10.2. The van der Waals surface area contributed by atoms with Crippen LogP contribution in [0.4, 0.5) is 13.2 Å². The summed E-state index contributed by atoms with van der Waals surface area (Å²) in [4.78, 5) is 0. The van der Waals surface area contributed by atoms with Gasteiger partial charge in [0.25, 0.3) is 0 Å². The van der Waals surface area contributed by atoms with Gasteiger partial charge in [0, 0.05) is 0 Å². The van der Waals surface area contributed by atoms with Crippen molar-refractivity contribution < 1.29 is 23.4 Å². The molecule has 2 saturated carbocycles. The molecule has 3 N–H and O–H groups in total. The highest BCUT2D eigenvalue weighted by atomic mass is 19.4. The maximum atomic E-state index is 12.5.